The molecule has 0 saturated heterocycles. The zero-order chi connectivity index (χ0) is 11.8. The van der Waals surface area contributed by atoms with Gasteiger partial charge in [-0.15, -0.1) is 0 Å². The molecule has 0 fully saturated rings. The largest absolute Gasteiger partial charge is 0.496 e. The highest BCUT2D eigenvalue weighted by Crippen LogP contribution is 2.16. The topological polar surface area (TPSA) is 45.7 Å². The van der Waals surface area contributed by atoms with Gasteiger partial charge in [-0.25, -0.2) is 0 Å². The Morgan fingerprint density at radius 3 is 2.69 bits per heavy atom. The molecule has 0 aliphatic carbocycles. The molecule has 0 heterocycles. The lowest BCUT2D eigenvalue weighted by Crippen LogP contribution is -2.36. The van der Waals surface area contributed by atoms with Crippen LogP contribution in [0.5, 0.6) is 5.75 Å². The number of rotatable bonds is 4. The van der Waals surface area contributed by atoms with Crippen molar-refractivity contribution in [2.75, 3.05) is 20.7 Å². The summed E-state index contributed by atoms with van der Waals surface area (Å²) in [5.41, 5.74) is 1.11. The van der Waals surface area contributed by atoms with E-state index in [9.17, 15) is 0 Å². The van der Waals surface area contributed by atoms with Gasteiger partial charge in [-0.05, 0) is 13.0 Å². The number of hydrogen-bond acceptors (Lipinski definition) is 2. The third kappa shape index (κ3) is 3.46. The van der Waals surface area contributed by atoms with Gasteiger partial charge >= 0.3 is 0 Å². The summed E-state index contributed by atoms with van der Waals surface area (Å²) < 4.78 is 5.27. The van der Waals surface area contributed by atoms with E-state index >= 15 is 0 Å². The number of guanidine groups is 1. The van der Waals surface area contributed by atoms with E-state index in [2.05, 4.69) is 15.6 Å². The van der Waals surface area contributed by atoms with Gasteiger partial charge in [-0.2, -0.15) is 0 Å². The molecule has 0 spiro atoms. The Hall–Kier alpha value is -1.71. The maximum Gasteiger partial charge on any atom is 0.191 e. The monoisotopic (exact) mass is 221 g/mol. The Bertz CT molecular complexity index is 350. The first-order valence-electron chi connectivity index (χ1n) is 5.38. The first-order valence-corrected chi connectivity index (χ1v) is 5.38. The first-order chi connectivity index (χ1) is 7.81. The molecule has 0 aromatic heterocycles. The maximum atomic E-state index is 5.27. The van der Waals surface area contributed by atoms with E-state index in [0.717, 1.165) is 23.8 Å². The van der Waals surface area contributed by atoms with Crippen LogP contribution in [0.15, 0.2) is 29.3 Å². The van der Waals surface area contributed by atoms with E-state index in [1.54, 1.807) is 14.2 Å². The number of methoxy groups -OCH3 is 1. The van der Waals surface area contributed by atoms with Gasteiger partial charge in [0.05, 0.1) is 7.11 Å². The van der Waals surface area contributed by atoms with Crippen molar-refractivity contribution in [3.05, 3.63) is 29.8 Å². The molecule has 4 heteroatoms. The van der Waals surface area contributed by atoms with Crippen molar-refractivity contribution in [1.29, 1.82) is 0 Å². The third-order valence-electron chi connectivity index (χ3n) is 2.21. The minimum absolute atomic E-state index is 0.698. The van der Waals surface area contributed by atoms with Gasteiger partial charge in [-0.3, -0.25) is 4.99 Å². The van der Waals surface area contributed by atoms with Crippen LogP contribution in [0.3, 0.4) is 0 Å². The van der Waals surface area contributed by atoms with Crippen LogP contribution in [-0.2, 0) is 6.54 Å². The summed E-state index contributed by atoms with van der Waals surface area (Å²) in [6.45, 7) is 3.59. The minimum Gasteiger partial charge on any atom is -0.496 e. The molecule has 88 valence electrons. The van der Waals surface area contributed by atoms with Crippen LogP contribution in [0.25, 0.3) is 0 Å². The van der Waals surface area contributed by atoms with Crippen molar-refractivity contribution in [3.63, 3.8) is 0 Å². The number of nitrogens with one attached hydrogen (secondary N) is 2. The van der Waals surface area contributed by atoms with E-state index in [4.69, 9.17) is 4.74 Å². The Labute approximate surface area is 96.7 Å². The zero-order valence-corrected chi connectivity index (χ0v) is 10.1. The number of hydrogen-bond donors (Lipinski definition) is 2. The second-order valence-electron chi connectivity index (χ2n) is 3.27. The van der Waals surface area contributed by atoms with Crippen LogP contribution >= 0.6 is 0 Å². The summed E-state index contributed by atoms with van der Waals surface area (Å²) in [6, 6.07) is 7.94. The third-order valence-corrected chi connectivity index (χ3v) is 2.21. The lowest BCUT2D eigenvalue weighted by molar-refractivity contribution is 0.409. The Kier molecular flexibility index (Phi) is 5.19. The van der Waals surface area contributed by atoms with E-state index in [-0.39, 0.29) is 0 Å². The summed E-state index contributed by atoms with van der Waals surface area (Å²) in [4.78, 5) is 4.10. The molecule has 0 bridgehead atoms. The fourth-order valence-corrected chi connectivity index (χ4v) is 1.42. The lowest BCUT2D eigenvalue weighted by Gasteiger charge is -2.12. The van der Waals surface area contributed by atoms with E-state index in [0.29, 0.717) is 6.54 Å². The van der Waals surface area contributed by atoms with Crippen molar-refractivity contribution in [1.82, 2.24) is 10.6 Å². The number of benzene rings is 1. The molecule has 1 aromatic rings. The van der Waals surface area contributed by atoms with Gasteiger partial charge < -0.3 is 15.4 Å². The molecule has 2 N–H and O–H groups in total. The highest BCUT2D eigenvalue weighted by atomic mass is 16.5. The summed E-state index contributed by atoms with van der Waals surface area (Å²) in [5.74, 6) is 1.69. The quantitative estimate of drug-likeness (QED) is 0.596. The van der Waals surface area contributed by atoms with Crippen molar-refractivity contribution < 1.29 is 4.74 Å². The number of para-hydroxylation sites is 1. The molecule has 1 rings (SSSR count). The molecule has 0 atom stereocenters. The van der Waals surface area contributed by atoms with Gasteiger partial charge in [0.2, 0.25) is 0 Å². The van der Waals surface area contributed by atoms with E-state index in [1.165, 1.54) is 0 Å². The van der Waals surface area contributed by atoms with Gasteiger partial charge in [0, 0.05) is 25.7 Å². The summed E-state index contributed by atoms with van der Waals surface area (Å²) in [6.07, 6.45) is 0. The van der Waals surface area contributed by atoms with Crippen LogP contribution in [-0.4, -0.2) is 26.7 Å². The maximum absolute atomic E-state index is 5.27. The highest BCUT2D eigenvalue weighted by molar-refractivity contribution is 5.79. The van der Waals surface area contributed by atoms with Gasteiger partial charge in [-0.1, -0.05) is 18.2 Å². The number of ether oxygens (including phenoxy) is 1. The standard InChI is InChI=1S/C12H19N3O/c1-4-14-12(13-2)15-9-10-7-5-6-8-11(10)16-3/h5-8H,4,9H2,1-3H3,(H2,13,14,15). The summed E-state index contributed by atoms with van der Waals surface area (Å²) in [5, 5.41) is 6.36. The van der Waals surface area contributed by atoms with Crippen molar-refractivity contribution in [2.45, 2.75) is 13.5 Å². The van der Waals surface area contributed by atoms with Crippen molar-refractivity contribution >= 4 is 5.96 Å². The van der Waals surface area contributed by atoms with Crippen LogP contribution in [0.2, 0.25) is 0 Å². The smallest absolute Gasteiger partial charge is 0.191 e. The minimum atomic E-state index is 0.698. The molecule has 1 aromatic carbocycles. The Morgan fingerprint density at radius 1 is 1.31 bits per heavy atom. The van der Waals surface area contributed by atoms with Crippen LogP contribution in [0, 0.1) is 0 Å². The van der Waals surface area contributed by atoms with Gasteiger partial charge in [0.25, 0.3) is 0 Å². The summed E-state index contributed by atoms with van der Waals surface area (Å²) in [7, 11) is 3.44. The fourth-order valence-electron chi connectivity index (χ4n) is 1.42. The second-order valence-corrected chi connectivity index (χ2v) is 3.27. The number of nitrogens with zero attached hydrogens (tertiary/aromatic N) is 1. The van der Waals surface area contributed by atoms with Crippen LogP contribution < -0.4 is 15.4 Å². The molecular weight excluding hydrogens is 202 g/mol. The first kappa shape index (κ1) is 12.4. The molecule has 0 aliphatic heterocycles. The van der Waals surface area contributed by atoms with Crippen molar-refractivity contribution in [2.24, 2.45) is 4.99 Å². The van der Waals surface area contributed by atoms with E-state index < -0.39 is 0 Å². The van der Waals surface area contributed by atoms with Gasteiger partial charge in [0.1, 0.15) is 5.75 Å². The molecule has 4 nitrogen and oxygen atoms in total. The SMILES string of the molecule is CCNC(=NC)NCc1ccccc1OC. The fraction of sp³-hybridized carbons (Fsp3) is 0.417. The van der Waals surface area contributed by atoms with Crippen molar-refractivity contribution in [3.8, 4) is 5.75 Å². The molecule has 0 aliphatic rings. The normalized spacial score (nSPS) is 11.1. The van der Waals surface area contributed by atoms with Crippen LogP contribution in [0.1, 0.15) is 12.5 Å². The predicted octanol–water partition coefficient (Wildman–Crippen LogP) is 1.38. The van der Waals surface area contributed by atoms with Gasteiger partial charge in [0.15, 0.2) is 5.96 Å². The molecule has 0 saturated carbocycles. The average molecular weight is 221 g/mol. The highest BCUT2D eigenvalue weighted by Gasteiger charge is 2.02. The average Bonchev–Trinajstić information content (AvgIpc) is 2.34. The lowest BCUT2D eigenvalue weighted by atomic mass is 10.2. The number of aliphatic imine (C=N–C) groups is 1. The van der Waals surface area contributed by atoms with Crippen LogP contribution in [0.4, 0.5) is 0 Å². The Balaban J connectivity index is 2.60. The van der Waals surface area contributed by atoms with E-state index in [1.807, 2.05) is 31.2 Å². The molecule has 0 unspecified atom stereocenters. The molecule has 16 heavy (non-hydrogen) atoms. The molecular formula is C12H19N3O. The summed E-state index contributed by atoms with van der Waals surface area (Å²) >= 11 is 0. The second kappa shape index (κ2) is 6.71. The molecule has 0 radical (unpaired) electrons. The Morgan fingerprint density at radius 2 is 2.06 bits per heavy atom. The molecule has 0 amide bonds. The zero-order valence-electron chi connectivity index (χ0n) is 10.1. The predicted molar refractivity (Wildman–Crippen MR) is 66.9 cm³/mol.